The van der Waals surface area contributed by atoms with E-state index in [0.717, 1.165) is 23.3 Å². The fourth-order valence-electron chi connectivity index (χ4n) is 3.47. The molecular formula is C18H24O5. The highest BCUT2D eigenvalue weighted by molar-refractivity contribution is 5.72. The van der Waals surface area contributed by atoms with Crippen molar-refractivity contribution in [2.24, 2.45) is 5.92 Å². The highest BCUT2D eigenvalue weighted by atomic mass is 16.5. The summed E-state index contributed by atoms with van der Waals surface area (Å²) in [6.07, 6.45) is 5.48. The van der Waals surface area contributed by atoms with Crippen LogP contribution in [0.5, 0.6) is 5.75 Å². The van der Waals surface area contributed by atoms with Gasteiger partial charge in [-0.25, -0.2) is 0 Å². The number of carbonyl (C=O) groups is 2. The average molecular weight is 320 g/mol. The quantitative estimate of drug-likeness (QED) is 0.766. The predicted molar refractivity (Wildman–Crippen MR) is 85.9 cm³/mol. The summed E-state index contributed by atoms with van der Waals surface area (Å²) in [7, 11) is 1.62. The Hall–Kier alpha value is -2.04. The van der Waals surface area contributed by atoms with E-state index in [9.17, 15) is 9.59 Å². The summed E-state index contributed by atoms with van der Waals surface area (Å²) in [5, 5.41) is 18.1. The molecule has 0 unspecified atom stereocenters. The van der Waals surface area contributed by atoms with Crippen molar-refractivity contribution in [1.29, 1.82) is 0 Å². The van der Waals surface area contributed by atoms with E-state index in [4.69, 9.17) is 14.9 Å². The molecule has 2 rings (SSSR count). The minimum Gasteiger partial charge on any atom is -0.496 e. The van der Waals surface area contributed by atoms with Crippen LogP contribution in [0, 0.1) is 5.92 Å². The number of rotatable bonds is 8. The summed E-state index contributed by atoms with van der Waals surface area (Å²) >= 11 is 0. The zero-order valence-electron chi connectivity index (χ0n) is 13.5. The van der Waals surface area contributed by atoms with Gasteiger partial charge in [0.25, 0.3) is 0 Å². The molecule has 0 amide bonds. The second-order valence-electron chi connectivity index (χ2n) is 6.32. The van der Waals surface area contributed by atoms with Crippen LogP contribution in [0.15, 0.2) is 18.2 Å². The molecule has 1 fully saturated rings. The Morgan fingerprint density at radius 2 is 1.78 bits per heavy atom. The monoisotopic (exact) mass is 320 g/mol. The van der Waals surface area contributed by atoms with Crippen molar-refractivity contribution >= 4 is 11.9 Å². The van der Waals surface area contributed by atoms with Crippen LogP contribution in [-0.4, -0.2) is 29.3 Å². The van der Waals surface area contributed by atoms with E-state index in [1.54, 1.807) is 13.2 Å². The summed E-state index contributed by atoms with van der Waals surface area (Å²) in [6, 6.07) is 5.55. The van der Waals surface area contributed by atoms with E-state index >= 15 is 0 Å². The first-order chi connectivity index (χ1) is 11.0. The molecule has 2 N–H and O–H groups in total. The van der Waals surface area contributed by atoms with Crippen molar-refractivity contribution in [3.63, 3.8) is 0 Å². The van der Waals surface area contributed by atoms with Gasteiger partial charge in [0.2, 0.25) is 0 Å². The van der Waals surface area contributed by atoms with E-state index in [1.807, 2.05) is 12.1 Å². The van der Waals surface area contributed by atoms with Crippen LogP contribution in [0.2, 0.25) is 0 Å². The fourth-order valence-corrected chi connectivity index (χ4v) is 3.47. The van der Waals surface area contributed by atoms with Gasteiger partial charge >= 0.3 is 11.9 Å². The van der Waals surface area contributed by atoms with Crippen LogP contribution < -0.4 is 4.74 Å². The van der Waals surface area contributed by atoms with E-state index in [2.05, 4.69) is 0 Å². The smallest absolute Gasteiger partial charge is 0.303 e. The maximum absolute atomic E-state index is 11.0. The fraction of sp³-hybridized carbons (Fsp3) is 0.556. The molecule has 0 aliphatic heterocycles. The molecule has 23 heavy (non-hydrogen) atoms. The molecule has 0 heterocycles. The van der Waals surface area contributed by atoms with Gasteiger partial charge in [0.1, 0.15) is 5.75 Å². The lowest BCUT2D eigenvalue weighted by atomic mass is 9.89. The summed E-state index contributed by atoms with van der Waals surface area (Å²) in [5.41, 5.74) is 1.82. The van der Waals surface area contributed by atoms with Gasteiger partial charge in [-0.2, -0.15) is 0 Å². The molecule has 0 bridgehead atoms. The lowest BCUT2D eigenvalue weighted by Crippen LogP contribution is -2.12. The molecule has 0 atom stereocenters. The van der Waals surface area contributed by atoms with Gasteiger partial charge in [-0.15, -0.1) is 0 Å². The van der Waals surface area contributed by atoms with Gasteiger partial charge in [-0.1, -0.05) is 37.8 Å². The zero-order chi connectivity index (χ0) is 16.8. The van der Waals surface area contributed by atoms with Crippen LogP contribution in [0.1, 0.15) is 55.6 Å². The molecule has 126 valence electrons. The molecule has 1 aromatic carbocycles. The van der Waals surface area contributed by atoms with E-state index in [0.29, 0.717) is 5.92 Å². The third-order valence-electron chi connectivity index (χ3n) is 4.60. The van der Waals surface area contributed by atoms with Crippen molar-refractivity contribution < 1.29 is 24.5 Å². The second kappa shape index (κ2) is 7.99. The minimum absolute atomic E-state index is 0.179. The zero-order valence-corrected chi connectivity index (χ0v) is 13.5. The molecule has 0 spiro atoms. The van der Waals surface area contributed by atoms with Crippen molar-refractivity contribution in [2.45, 2.75) is 50.9 Å². The van der Waals surface area contributed by atoms with Crippen molar-refractivity contribution in [3.8, 4) is 5.75 Å². The Kier molecular flexibility index (Phi) is 6.02. The second-order valence-corrected chi connectivity index (χ2v) is 6.32. The average Bonchev–Trinajstić information content (AvgIpc) is 2.98. The van der Waals surface area contributed by atoms with E-state index < -0.39 is 17.9 Å². The number of benzene rings is 1. The molecule has 1 aromatic rings. The number of hydrogen-bond donors (Lipinski definition) is 2. The molecule has 0 aromatic heterocycles. The molecule has 1 aliphatic carbocycles. The standard InChI is InChI=1S/C18H24O5/c1-23-16-7-6-13(14(10-17(19)20)11-18(21)22)9-15(16)8-12-4-2-3-5-12/h6-7,9,12,14H,2-5,8,10-11H2,1H3,(H,19,20)(H,21,22). The van der Waals surface area contributed by atoms with Crippen LogP contribution in [-0.2, 0) is 16.0 Å². The van der Waals surface area contributed by atoms with Gasteiger partial charge in [0.05, 0.1) is 20.0 Å². The Balaban J connectivity index is 2.25. The number of hydrogen-bond acceptors (Lipinski definition) is 3. The summed E-state index contributed by atoms with van der Waals surface area (Å²) in [5.74, 6) is -1.05. The van der Waals surface area contributed by atoms with Crippen LogP contribution >= 0.6 is 0 Å². The minimum atomic E-state index is -0.982. The summed E-state index contributed by atoms with van der Waals surface area (Å²) in [6.45, 7) is 0. The first-order valence-electron chi connectivity index (χ1n) is 8.10. The Morgan fingerprint density at radius 1 is 1.17 bits per heavy atom. The van der Waals surface area contributed by atoms with Gasteiger partial charge < -0.3 is 14.9 Å². The Bertz CT molecular complexity index is 545. The highest BCUT2D eigenvalue weighted by Gasteiger charge is 2.22. The topological polar surface area (TPSA) is 83.8 Å². The first kappa shape index (κ1) is 17.3. The molecule has 5 nitrogen and oxygen atoms in total. The number of ether oxygens (including phenoxy) is 1. The van der Waals surface area contributed by atoms with Crippen molar-refractivity contribution in [3.05, 3.63) is 29.3 Å². The number of carboxylic acid groups (broad SMARTS) is 2. The van der Waals surface area contributed by atoms with E-state index in [1.165, 1.54) is 25.7 Å². The van der Waals surface area contributed by atoms with Gasteiger partial charge in [-0.3, -0.25) is 9.59 Å². The van der Waals surface area contributed by atoms with Gasteiger partial charge in [0.15, 0.2) is 0 Å². The highest BCUT2D eigenvalue weighted by Crippen LogP contribution is 2.34. The van der Waals surface area contributed by atoms with Crippen molar-refractivity contribution in [1.82, 2.24) is 0 Å². The molecule has 0 radical (unpaired) electrons. The van der Waals surface area contributed by atoms with Crippen molar-refractivity contribution in [2.75, 3.05) is 7.11 Å². The maximum Gasteiger partial charge on any atom is 0.303 e. The predicted octanol–water partition coefficient (Wildman–Crippen LogP) is 3.46. The van der Waals surface area contributed by atoms with Gasteiger partial charge in [-0.05, 0) is 29.5 Å². The summed E-state index contributed by atoms with van der Waals surface area (Å²) in [4.78, 5) is 22.1. The molecule has 5 heteroatoms. The number of methoxy groups -OCH3 is 1. The van der Waals surface area contributed by atoms with Crippen LogP contribution in [0.4, 0.5) is 0 Å². The normalized spacial score (nSPS) is 15.0. The third kappa shape index (κ3) is 4.98. The van der Waals surface area contributed by atoms with Crippen LogP contribution in [0.3, 0.4) is 0 Å². The van der Waals surface area contributed by atoms with Crippen LogP contribution in [0.25, 0.3) is 0 Å². The number of aliphatic carboxylic acids is 2. The Labute approximate surface area is 136 Å². The molecule has 1 aliphatic rings. The first-order valence-corrected chi connectivity index (χ1v) is 8.10. The third-order valence-corrected chi connectivity index (χ3v) is 4.60. The molecular weight excluding hydrogens is 296 g/mol. The van der Waals surface area contributed by atoms with E-state index in [-0.39, 0.29) is 12.8 Å². The van der Waals surface area contributed by atoms with Gasteiger partial charge in [0, 0.05) is 5.92 Å². The number of carboxylic acids is 2. The Morgan fingerprint density at radius 3 is 2.30 bits per heavy atom. The summed E-state index contributed by atoms with van der Waals surface area (Å²) < 4.78 is 5.42. The SMILES string of the molecule is COc1ccc(C(CC(=O)O)CC(=O)O)cc1CC1CCCC1. The maximum atomic E-state index is 11.0. The largest absolute Gasteiger partial charge is 0.496 e. The lowest BCUT2D eigenvalue weighted by Gasteiger charge is -2.18. The lowest BCUT2D eigenvalue weighted by molar-refractivity contribution is -0.139. The molecule has 1 saturated carbocycles. The molecule has 0 saturated heterocycles.